The van der Waals surface area contributed by atoms with Crippen molar-refractivity contribution in [3.8, 4) is 0 Å². The molecule has 1 aromatic rings. The van der Waals surface area contributed by atoms with Crippen LogP contribution in [0, 0.1) is 0 Å². The van der Waals surface area contributed by atoms with Gasteiger partial charge in [-0.05, 0) is 31.4 Å². The SMILES string of the molecule is O=C1CSc2ccccc2N1CC(=O)N1CCCCC1C1OCCO1. The Bertz CT molecular complexity index is 662. The molecule has 0 N–H and O–H groups in total. The summed E-state index contributed by atoms with van der Waals surface area (Å²) in [6, 6.07) is 7.71. The van der Waals surface area contributed by atoms with Crippen LogP contribution >= 0.6 is 11.8 Å². The zero-order valence-electron chi connectivity index (χ0n) is 14.1. The van der Waals surface area contributed by atoms with E-state index in [0.29, 0.717) is 25.5 Å². The monoisotopic (exact) mass is 362 g/mol. The minimum atomic E-state index is -0.329. The molecule has 4 rings (SSSR count). The van der Waals surface area contributed by atoms with Gasteiger partial charge in [-0.15, -0.1) is 11.8 Å². The molecule has 0 radical (unpaired) electrons. The molecule has 3 heterocycles. The van der Waals surface area contributed by atoms with E-state index >= 15 is 0 Å². The van der Waals surface area contributed by atoms with Gasteiger partial charge in [0, 0.05) is 11.4 Å². The summed E-state index contributed by atoms with van der Waals surface area (Å²) in [7, 11) is 0. The van der Waals surface area contributed by atoms with Crippen LogP contribution in [0.2, 0.25) is 0 Å². The average Bonchev–Trinajstić information content (AvgIpc) is 3.18. The summed E-state index contributed by atoms with van der Waals surface area (Å²) in [5, 5.41) is 0. The zero-order chi connectivity index (χ0) is 17.2. The second-order valence-corrected chi connectivity index (χ2v) is 7.51. The number of benzene rings is 1. The van der Waals surface area contributed by atoms with E-state index in [1.807, 2.05) is 29.2 Å². The number of anilines is 1. The van der Waals surface area contributed by atoms with Crippen molar-refractivity contribution in [3.63, 3.8) is 0 Å². The highest BCUT2D eigenvalue weighted by Crippen LogP contribution is 2.35. The van der Waals surface area contributed by atoms with Gasteiger partial charge in [-0.3, -0.25) is 9.59 Å². The van der Waals surface area contributed by atoms with E-state index in [2.05, 4.69) is 0 Å². The number of para-hydroxylation sites is 1. The number of ether oxygens (including phenoxy) is 2. The molecule has 0 aromatic heterocycles. The molecule has 134 valence electrons. The van der Waals surface area contributed by atoms with Crippen molar-refractivity contribution in [1.29, 1.82) is 0 Å². The van der Waals surface area contributed by atoms with Crippen LogP contribution in [0.1, 0.15) is 19.3 Å². The summed E-state index contributed by atoms with van der Waals surface area (Å²) in [5.41, 5.74) is 0.832. The molecule has 0 bridgehead atoms. The van der Waals surface area contributed by atoms with Crippen molar-refractivity contribution < 1.29 is 19.1 Å². The number of nitrogens with zero attached hydrogens (tertiary/aromatic N) is 2. The van der Waals surface area contributed by atoms with Crippen LogP contribution in [-0.4, -0.2) is 61.1 Å². The smallest absolute Gasteiger partial charge is 0.243 e. The van der Waals surface area contributed by atoms with Crippen LogP contribution in [0.4, 0.5) is 5.69 Å². The molecule has 1 unspecified atom stereocenters. The second-order valence-electron chi connectivity index (χ2n) is 6.50. The summed E-state index contributed by atoms with van der Waals surface area (Å²) in [6.07, 6.45) is 2.61. The van der Waals surface area contributed by atoms with Crippen molar-refractivity contribution >= 4 is 29.3 Å². The molecule has 0 saturated carbocycles. The Kier molecular flexibility index (Phi) is 4.96. The molecule has 6 nitrogen and oxygen atoms in total. The molecule has 0 spiro atoms. The van der Waals surface area contributed by atoms with Gasteiger partial charge < -0.3 is 19.3 Å². The van der Waals surface area contributed by atoms with Gasteiger partial charge in [0.05, 0.1) is 30.7 Å². The molecule has 1 atom stereocenters. The van der Waals surface area contributed by atoms with E-state index < -0.39 is 0 Å². The number of rotatable bonds is 3. The van der Waals surface area contributed by atoms with Crippen LogP contribution in [0.25, 0.3) is 0 Å². The van der Waals surface area contributed by atoms with Crippen molar-refractivity contribution in [2.75, 3.05) is 37.0 Å². The van der Waals surface area contributed by atoms with Crippen LogP contribution < -0.4 is 4.90 Å². The van der Waals surface area contributed by atoms with Gasteiger partial charge in [0.1, 0.15) is 6.54 Å². The summed E-state index contributed by atoms with van der Waals surface area (Å²) in [6.45, 7) is 1.95. The maximum atomic E-state index is 13.0. The first-order chi connectivity index (χ1) is 12.2. The number of piperidine rings is 1. The summed E-state index contributed by atoms with van der Waals surface area (Å²) < 4.78 is 11.3. The van der Waals surface area contributed by atoms with Crippen molar-refractivity contribution in [2.45, 2.75) is 36.5 Å². The van der Waals surface area contributed by atoms with Gasteiger partial charge >= 0.3 is 0 Å². The Balaban J connectivity index is 1.51. The fourth-order valence-corrected chi connectivity index (χ4v) is 4.64. The van der Waals surface area contributed by atoms with Crippen LogP contribution in [0.5, 0.6) is 0 Å². The number of amides is 2. The van der Waals surface area contributed by atoms with Gasteiger partial charge in [-0.25, -0.2) is 0 Å². The summed E-state index contributed by atoms with van der Waals surface area (Å²) >= 11 is 1.53. The van der Waals surface area contributed by atoms with E-state index in [9.17, 15) is 9.59 Å². The largest absolute Gasteiger partial charge is 0.348 e. The van der Waals surface area contributed by atoms with Gasteiger partial charge in [-0.2, -0.15) is 0 Å². The lowest BCUT2D eigenvalue weighted by Gasteiger charge is -2.39. The van der Waals surface area contributed by atoms with Crippen LogP contribution in [0.3, 0.4) is 0 Å². The zero-order valence-corrected chi connectivity index (χ0v) is 14.9. The standard InChI is InChI=1S/C18H22N2O4S/c21-16(19-8-4-3-6-14(19)18-23-9-10-24-18)11-20-13-5-1-2-7-15(13)25-12-17(20)22/h1-2,5,7,14,18H,3-4,6,8-12H2. The third-order valence-electron chi connectivity index (χ3n) is 4.93. The first-order valence-electron chi connectivity index (χ1n) is 8.79. The lowest BCUT2D eigenvalue weighted by molar-refractivity contribution is -0.149. The van der Waals surface area contributed by atoms with Gasteiger partial charge in [0.15, 0.2) is 6.29 Å². The molecule has 3 aliphatic rings. The van der Waals surface area contributed by atoms with Gasteiger partial charge in [0.2, 0.25) is 11.8 Å². The van der Waals surface area contributed by atoms with E-state index in [1.54, 1.807) is 4.90 Å². The lowest BCUT2D eigenvalue weighted by Crippen LogP contribution is -2.54. The average molecular weight is 362 g/mol. The summed E-state index contributed by atoms with van der Waals surface area (Å²) in [5.74, 6) is 0.334. The van der Waals surface area contributed by atoms with E-state index in [1.165, 1.54) is 11.8 Å². The Morgan fingerprint density at radius 1 is 1.20 bits per heavy atom. The second kappa shape index (κ2) is 7.35. The minimum absolute atomic E-state index is 0.0148. The molecule has 2 saturated heterocycles. The number of thioether (sulfide) groups is 1. The molecule has 2 fully saturated rings. The Morgan fingerprint density at radius 2 is 2.00 bits per heavy atom. The minimum Gasteiger partial charge on any atom is -0.348 e. The first-order valence-corrected chi connectivity index (χ1v) is 9.77. The predicted molar refractivity (Wildman–Crippen MR) is 94.6 cm³/mol. The van der Waals surface area contributed by atoms with Crippen LogP contribution in [0.15, 0.2) is 29.2 Å². The Labute approximate surface area is 151 Å². The fraction of sp³-hybridized carbons (Fsp3) is 0.556. The maximum absolute atomic E-state index is 13.0. The molecular formula is C18H22N2O4S. The number of likely N-dealkylation sites (tertiary alicyclic amines) is 1. The predicted octanol–water partition coefficient (Wildman–Crippen LogP) is 1.88. The maximum Gasteiger partial charge on any atom is 0.243 e. The van der Waals surface area contributed by atoms with Gasteiger partial charge in [0.25, 0.3) is 0 Å². The Hall–Kier alpha value is -1.57. The van der Waals surface area contributed by atoms with Crippen molar-refractivity contribution in [3.05, 3.63) is 24.3 Å². The third-order valence-corrected chi connectivity index (χ3v) is 5.98. The quantitative estimate of drug-likeness (QED) is 0.822. The van der Waals surface area contributed by atoms with E-state index in [-0.39, 0.29) is 30.7 Å². The number of fused-ring (bicyclic) bond motifs is 1. The van der Waals surface area contributed by atoms with E-state index in [4.69, 9.17) is 9.47 Å². The molecule has 25 heavy (non-hydrogen) atoms. The molecule has 2 amide bonds. The fourth-order valence-electron chi connectivity index (χ4n) is 3.70. The van der Waals surface area contributed by atoms with E-state index in [0.717, 1.165) is 29.8 Å². The lowest BCUT2D eigenvalue weighted by atomic mass is 10.0. The van der Waals surface area contributed by atoms with Crippen LogP contribution in [-0.2, 0) is 19.1 Å². The molecular weight excluding hydrogens is 340 g/mol. The summed E-state index contributed by atoms with van der Waals surface area (Å²) in [4.78, 5) is 29.9. The highest BCUT2D eigenvalue weighted by molar-refractivity contribution is 8.00. The molecule has 1 aromatic carbocycles. The number of hydrogen-bond acceptors (Lipinski definition) is 5. The van der Waals surface area contributed by atoms with Gasteiger partial charge in [-0.1, -0.05) is 12.1 Å². The first kappa shape index (κ1) is 16.9. The van der Waals surface area contributed by atoms with Crippen molar-refractivity contribution in [2.24, 2.45) is 0 Å². The number of hydrogen-bond donors (Lipinski definition) is 0. The third kappa shape index (κ3) is 3.41. The highest BCUT2D eigenvalue weighted by Gasteiger charge is 2.37. The number of carbonyl (C=O) groups excluding carboxylic acids is 2. The molecule has 7 heteroatoms. The molecule has 3 aliphatic heterocycles. The van der Waals surface area contributed by atoms with Crippen molar-refractivity contribution in [1.82, 2.24) is 4.90 Å². The highest BCUT2D eigenvalue weighted by atomic mass is 32.2. The number of carbonyl (C=O) groups is 2. The molecule has 0 aliphatic carbocycles. The topological polar surface area (TPSA) is 59.1 Å². The Morgan fingerprint density at radius 3 is 2.84 bits per heavy atom. The normalized spacial score (nSPS) is 24.5.